The van der Waals surface area contributed by atoms with Crippen LogP contribution in [0.5, 0.6) is 28.7 Å². The Morgan fingerprint density at radius 1 is 0.831 bits per heavy atom. The van der Waals surface area contributed by atoms with Crippen LogP contribution in [0.2, 0.25) is 0 Å². The molecular formula is C44H45IN7O5S2-. The number of fused-ring (bicyclic) bond motifs is 2. The molecule has 0 saturated heterocycles. The number of phenols is 4. The third-order valence-electron chi connectivity index (χ3n) is 10.8. The Kier molecular flexibility index (Phi) is 10.9. The Hall–Kier alpha value is -5.52. The maximum absolute atomic E-state index is 11.3. The van der Waals surface area contributed by atoms with Gasteiger partial charge in [0.2, 0.25) is 0 Å². The molecule has 0 atom stereocenters. The number of hydrogen-bond donors (Lipinski definition) is 5. The zero-order chi connectivity index (χ0) is 41.9. The summed E-state index contributed by atoms with van der Waals surface area (Å²) >= 11 is 11.6. The predicted octanol–water partition coefficient (Wildman–Crippen LogP) is 6.42. The van der Waals surface area contributed by atoms with Crippen molar-refractivity contribution in [3.63, 3.8) is 0 Å². The summed E-state index contributed by atoms with van der Waals surface area (Å²) in [7, 11) is 0. The zero-order valence-corrected chi connectivity index (χ0v) is 37.3. The van der Waals surface area contributed by atoms with E-state index in [1.165, 1.54) is 12.1 Å². The van der Waals surface area contributed by atoms with Gasteiger partial charge in [0.05, 0.1) is 23.4 Å². The van der Waals surface area contributed by atoms with E-state index >= 15 is 0 Å². The molecule has 0 bridgehead atoms. The summed E-state index contributed by atoms with van der Waals surface area (Å²) in [6.07, 6.45) is 3.21. The van der Waals surface area contributed by atoms with Gasteiger partial charge in [-0.1, -0.05) is 6.92 Å². The Morgan fingerprint density at radius 3 is 2.20 bits per heavy atom. The summed E-state index contributed by atoms with van der Waals surface area (Å²) in [5, 5.41) is 50.9. The number of nitrogens with zero attached hydrogens (tertiary/aromatic N) is 6. The van der Waals surface area contributed by atoms with Gasteiger partial charge in [0.1, 0.15) is 17.2 Å². The molecule has 0 spiro atoms. The second kappa shape index (κ2) is 15.9. The molecule has 4 aromatic carbocycles. The summed E-state index contributed by atoms with van der Waals surface area (Å²) in [6.45, 7) is 12.9. The standard InChI is InChI=1S/C44H45IN7O5S2/c1-7-26-18-31(38(55)20-36(26)53)35-22-45-46-43(58)51(35)29-10-11-33-28(17-29)16-25(6)49(33)23-50-44(59)52(42(47-50)32-19-27(8-2)37(54)21-39(32)56)34-12-13-40(57-9-3)41-30(34)14-15-48(41)24(4)5/h10-22,24,53-56H,7-9,23H2,1-6H3,(H,46,58)/q-1. The van der Waals surface area contributed by atoms with Crippen molar-refractivity contribution < 1.29 is 46.6 Å². The monoisotopic (exact) mass is 942 g/mol. The summed E-state index contributed by atoms with van der Waals surface area (Å²) < 4.78 is 19.9. The summed E-state index contributed by atoms with van der Waals surface area (Å²) in [6, 6.07) is 20.7. The number of nitrogens with one attached hydrogen (secondary N) is 1. The van der Waals surface area contributed by atoms with Gasteiger partial charge < -0.3 is 19.5 Å². The van der Waals surface area contributed by atoms with E-state index in [1.807, 2.05) is 67.5 Å². The molecule has 0 aliphatic carbocycles. The van der Waals surface area contributed by atoms with Crippen molar-refractivity contribution in [3.8, 4) is 45.8 Å². The number of halogens is 1. The van der Waals surface area contributed by atoms with E-state index in [1.54, 1.807) is 10.7 Å². The fraction of sp³-hybridized carbons (Fsp3) is 0.250. The second-order valence-corrected chi connectivity index (χ2v) is 17.2. The molecule has 1 aliphatic heterocycles. The normalized spacial score (nSPS) is 13.3. The van der Waals surface area contributed by atoms with Gasteiger partial charge in [-0.05, 0) is 57.0 Å². The first-order chi connectivity index (χ1) is 28.3. The number of rotatable bonds is 11. The van der Waals surface area contributed by atoms with Gasteiger partial charge in [0.15, 0.2) is 0 Å². The Morgan fingerprint density at radius 2 is 1.53 bits per heavy atom. The smallest absolute Gasteiger partial charge is 0.342 e. The molecule has 59 heavy (non-hydrogen) atoms. The van der Waals surface area contributed by atoms with E-state index < -0.39 is 21.5 Å². The number of benzene rings is 4. The average molecular weight is 943 g/mol. The topological polar surface area (TPSA) is 138 Å². The van der Waals surface area contributed by atoms with Crippen LogP contribution in [0.15, 0.2) is 77.0 Å². The number of ether oxygens (including phenoxy) is 1. The van der Waals surface area contributed by atoms with Crippen molar-refractivity contribution in [1.82, 2.24) is 27.0 Å². The molecule has 306 valence electrons. The van der Waals surface area contributed by atoms with Gasteiger partial charge in [0.25, 0.3) is 0 Å². The average Bonchev–Trinajstić information content (AvgIpc) is 3.88. The Labute approximate surface area is 362 Å². The number of phenolic OH excluding ortho intramolecular Hbond substituents is 4. The molecule has 15 heteroatoms. The molecule has 0 saturated carbocycles. The number of aromatic nitrogens is 5. The van der Waals surface area contributed by atoms with Crippen LogP contribution in [0.3, 0.4) is 0 Å². The van der Waals surface area contributed by atoms with E-state index in [9.17, 15) is 20.4 Å². The maximum atomic E-state index is 11.3. The van der Waals surface area contributed by atoms with Crippen molar-refractivity contribution in [1.29, 1.82) is 0 Å². The Balaban J connectivity index is 1.26. The fourth-order valence-corrected chi connectivity index (χ4v) is 10.2. The van der Waals surface area contributed by atoms with Crippen LogP contribution in [-0.2, 0) is 19.5 Å². The molecule has 1 aliphatic rings. The molecule has 8 rings (SSSR count). The van der Waals surface area contributed by atoms with E-state index in [0.717, 1.165) is 55.9 Å². The molecule has 4 heterocycles. The minimum Gasteiger partial charge on any atom is -0.342 e. The Bertz CT molecular complexity index is 2910. The van der Waals surface area contributed by atoms with Crippen molar-refractivity contribution in [2.45, 2.75) is 67.1 Å². The number of aromatic hydroxyl groups is 4. The number of anilines is 1. The minimum atomic E-state index is -0.602. The first kappa shape index (κ1) is 40.3. The van der Waals surface area contributed by atoms with Crippen molar-refractivity contribution in [3.05, 3.63) is 104 Å². The number of thiocarbonyl (C=S) groups is 1. The summed E-state index contributed by atoms with van der Waals surface area (Å²) in [5.41, 5.74) is 7.67. The molecule has 0 amide bonds. The van der Waals surface area contributed by atoms with Crippen LogP contribution in [0.1, 0.15) is 63.0 Å². The van der Waals surface area contributed by atoms with Crippen molar-refractivity contribution >= 4 is 62.7 Å². The van der Waals surface area contributed by atoms with Crippen LogP contribution in [0.4, 0.5) is 5.69 Å². The predicted molar refractivity (Wildman–Crippen MR) is 235 cm³/mol. The molecule has 7 aromatic rings. The van der Waals surface area contributed by atoms with Gasteiger partial charge in [0, 0.05) is 23.7 Å². The summed E-state index contributed by atoms with van der Waals surface area (Å²) in [5.74, 6) is 1.14. The first-order valence-corrected chi connectivity index (χ1v) is 22.6. The fourth-order valence-electron chi connectivity index (χ4n) is 7.84. The van der Waals surface area contributed by atoms with E-state index in [4.69, 9.17) is 34.3 Å². The first-order valence-electron chi connectivity index (χ1n) is 19.4. The molecule has 12 nitrogen and oxygen atoms in total. The van der Waals surface area contributed by atoms with Gasteiger partial charge in [-0.15, -0.1) is 0 Å². The quantitative estimate of drug-likeness (QED) is 0.0562. The van der Waals surface area contributed by atoms with Gasteiger partial charge in [-0.3, -0.25) is 0 Å². The summed E-state index contributed by atoms with van der Waals surface area (Å²) in [4.78, 5) is 1.93. The van der Waals surface area contributed by atoms with E-state index in [-0.39, 0.29) is 35.7 Å². The van der Waals surface area contributed by atoms with Gasteiger partial charge in [-0.2, -0.15) is 0 Å². The van der Waals surface area contributed by atoms with Crippen LogP contribution in [-0.4, -0.2) is 55.6 Å². The van der Waals surface area contributed by atoms with Crippen LogP contribution in [0.25, 0.3) is 44.6 Å². The molecule has 5 N–H and O–H groups in total. The van der Waals surface area contributed by atoms with Crippen molar-refractivity contribution in [2.75, 3.05) is 11.5 Å². The van der Waals surface area contributed by atoms with E-state index in [2.05, 4.69) is 55.0 Å². The molecular weight excluding hydrogens is 898 g/mol. The molecule has 0 radical (unpaired) electrons. The number of aryl methyl sites for hydroxylation is 3. The zero-order valence-electron chi connectivity index (χ0n) is 33.5. The molecule has 3 aromatic heterocycles. The number of hydrogen-bond acceptors (Lipinski definition) is 8. The van der Waals surface area contributed by atoms with Crippen LogP contribution in [0, 0.1) is 11.7 Å². The molecule has 0 unspecified atom stereocenters. The third kappa shape index (κ3) is 6.97. The third-order valence-corrected chi connectivity index (χ3v) is 13.6. The van der Waals surface area contributed by atoms with Gasteiger partial charge in [-0.25, -0.2) is 0 Å². The van der Waals surface area contributed by atoms with Crippen molar-refractivity contribution in [2.24, 2.45) is 0 Å². The second-order valence-electron chi connectivity index (χ2n) is 14.7. The van der Waals surface area contributed by atoms with Gasteiger partial charge >= 0.3 is 217 Å². The van der Waals surface area contributed by atoms with Crippen LogP contribution < -0.4 is 34.6 Å². The van der Waals surface area contributed by atoms with Crippen LogP contribution >= 0.6 is 24.4 Å². The molecule has 0 fully saturated rings. The minimum absolute atomic E-state index is 0.0144. The van der Waals surface area contributed by atoms with E-state index in [0.29, 0.717) is 51.8 Å². The SMILES string of the molecule is CCOc1ccc(-n2c(-c3cc(CC)c(O)cc3O)nn(Cn3c(C)cc4cc(N5C(=S)N[I-]C=C5c5cc(CC)c(O)cc5O)ccc43)c2=S)c2ccn(C(C)C)c12.